The van der Waals surface area contributed by atoms with E-state index in [9.17, 15) is 26.7 Å². The van der Waals surface area contributed by atoms with Crippen molar-refractivity contribution < 1.29 is 31.5 Å². The van der Waals surface area contributed by atoms with Gasteiger partial charge in [-0.05, 0) is 63.2 Å². The first-order chi connectivity index (χ1) is 14.5. The fraction of sp³-hybridized carbons (Fsp3) is 0.429. The van der Waals surface area contributed by atoms with Crippen LogP contribution in [0.3, 0.4) is 0 Å². The summed E-state index contributed by atoms with van der Waals surface area (Å²) in [5.41, 5.74) is 4.28. The highest BCUT2D eigenvalue weighted by Crippen LogP contribution is 2.48. The summed E-state index contributed by atoms with van der Waals surface area (Å²) in [6, 6.07) is 5.62. The van der Waals surface area contributed by atoms with E-state index >= 15 is 0 Å². The van der Waals surface area contributed by atoms with Crippen LogP contribution in [0.4, 0.5) is 22.0 Å². The SMILES string of the molecule is CN1CCC(COc2cc(-c3ncccc3C(N)=O)ccc2C(F)(F)C(F)(F)F)CC1. The van der Waals surface area contributed by atoms with Crippen LogP contribution in [0.5, 0.6) is 5.75 Å². The standard InChI is InChI=1S/C21H22F5N3O2/c1-29-9-6-13(7-10-29)12-31-17-11-14(18-15(19(27)30)3-2-8-28-18)4-5-16(17)20(22,23)21(24,25)26/h2-5,8,11,13H,6-7,9-10,12H2,1H3,(H2,27,30). The fourth-order valence-electron chi connectivity index (χ4n) is 3.47. The van der Waals surface area contributed by atoms with Crippen molar-refractivity contribution in [2.45, 2.75) is 24.9 Å². The third-order valence-electron chi connectivity index (χ3n) is 5.34. The molecule has 168 valence electrons. The number of alkyl halides is 5. The molecule has 1 fully saturated rings. The molecule has 0 aliphatic carbocycles. The summed E-state index contributed by atoms with van der Waals surface area (Å²) < 4.78 is 73.0. The smallest absolute Gasteiger partial charge is 0.458 e. The number of carbonyl (C=O) groups is 1. The van der Waals surface area contributed by atoms with Crippen LogP contribution in [0.15, 0.2) is 36.5 Å². The van der Waals surface area contributed by atoms with Gasteiger partial charge in [-0.3, -0.25) is 9.78 Å². The lowest BCUT2D eigenvalue weighted by Gasteiger charge is -2.29. The second kappa shape index (κ2) is 8.78. The molecule has 2 aromatic rings. The van der Waals surface area contributed by atoms with Gasteiger partial charge >= 0.3 is 12.1 Å². The normalized spacial score (nSPS) is 16.3. The second-order valence-corrected chi connectivity index (χ2v) is 7.60. The van der Waals surface area contributed by atoms with Gasteiger partial charge in [0.2, 0.25) is 0 Å². The number of rotatable bonds is 6. The van der Waals surface area contributed by atoms with E-state index in [1.165, 1.54) is 18.3 Å². The number of hydrogen-bond donors (Lipinski definition) is 1. The maximum absolute atomic E-state index is 14.2. The van der Waals surface area contributed by atoms with Gasteiger partial charge in [0.25, 0.3) is 5.91 Å². The largest absolute Gasteiger partial charge is 0.493 e. The lowest BCUT2D eigenvalue weighted by Crippen LogP contribution is -2.35. The van der Waals surface area contributed by atoms with Crippen LogP contribution in [0.2, 0.25) is 0 Å². The number of nitrogens with two attached hydrogens (primary N) is 1. The maximum Gasteiger partial charge on any atom is 0.458 e. The molecule has 2 heterocycles. The zero-order chi connectivity index (χ0) is 22.8. The van der Waals surface area contributed by atoms with Crippen LogP contribution in [-0.2, 0) is 5.92 Å². The van der Waals surface area contributed by atoms with Gasteiger partial charge in [0.15, 0.2) is 0 Å². The Morgan fingerprint density at radius 3 is 2.48 bits per heavy atom. The molecule has 1 aromatic heterocycles. The average molecular weight is 443 g/mol. The topological polar surface area (TPSA) is 68.4 Å². The highest BCUT2D eigenvalue weighted by atomic mass is 19.4. The summed E-state index contributed by atoms with van der Waals surface area (Å²) in [4.78, 5) is 17.8. The number of piperidine rings is 1. The average Bonchev–Trinajstić information content (AvgIpc) is 2.72. The molecular formula is C21H22F5N3O2. The van der Waals surface area contributed by atoms with Gasteiger partial charge in [0.05, 0.1) is 23.4 Å². The van der Waals surface area contributed by atoms with Gasteiger partial charge in [0, 0.05) is 11.8 Å². The summed E-state index contributed by atoms with van der Waals surface area (Å²) in [6.07, 6.45) is -2.94. The van der Waals surface area contributed by atoms with Crippen molar-refractivity contribution in [2.75, 3.05) is 26.7 Å². The molecule has 2 N–H and O–H groups in total. The van der Waals surface area contributed by atoms with Crippen molar-refractivity contribution in [2.24, 2.45) is 11.7 Å². The zero-order valence-corrected chi connectivity index (χ0v) is 16.8. The van der Waals surface area contributed by atoms with Gasteiger partial charge < -0.3 is 15.4 Å². The van der Waals surface area contributed by atoms with Crippen molar-refractivity contribution in [3.8, 4) is 17.0 Å². The Morgan fingerprint density at radius 1 is 1.19 bits per heavy atom. The summed E-state index contributed by atoms with van der Waals surface area (Å²) in [5, 5.41) is 0. The number of pyridine rings is 1. The molecule has 0 saturated carbocycles. The van der Waals surface area contributed by atoms with Gasteiger partial charge in [-0.1, -0.05) is 6.07 Å². The minimum Gasteiger partial charge on any atom is -0.493 e. The molecule has 0 radical (unpaired) electrons. The van der Waals surface area contributed by atoms with Crippen molar-refractivity contribution in [3.63, 3.8) is 0 Å². The van der Waals surface area contributed by atoms with Gasteiger partial charge in [0.1, 0.15) is 5.75 Å². The predicted molar refractivity (Wildman–Crippen MR) is 104 cm³/mol. The molecule has 0 atom stereocenters. The van der Waals surface area contributed by atoms with E-state index in [2.05, 4.69) is 9.88 Å². The lowest BCUT2D eigenvalue weighted by molar-refractivity contribution is -0.289. The molecule has 1 aromatic carbocycles. The quantitative estimate of drug-likeness (QED) is 0.679. The van der Waals surface area contributed by atoms with E-state index in [1.807, 2.05) is 7.05 Å². The number of ether oxygens (including phenoxy) is 1. The van der Waals surface area contributed by atoms with E-state index in [0.717, 1.165) is 38.1 Å². The van der Waals surface area contributed by atoms with Crippen LogP contribution in [0.1, 0.15) is 28.8 Å². The Balaban J connectivity index is 2.00. The first-order valence-electron chi connectivity index (χ1n) is 9.66. The summed E-state index contributed by atoms with van der Waals surface area (Å²) in [6.45, 7) is 1.58. The number of aromatic nitrogens is 1. The van der Waals surface area contributed by atoms with Crippen molar-refractivity contribution in [3.05, 3.63) is 47.7 Å². The molecule has 1 aliphatic heterocycles. The Morgan fingerprint density at radius 2 is 1.87 bits per heavy atom. The molecule has 0 spiro atoms. The molecule has 10 heteroatoms. The Kier molecular flexibility index (Phi) is 6.49. The van der Waals surface area contributed by atoms with E-state index in [4.69, 9.17) is 10.5 Å². The Hall–Kier alpha value is -2.75. The molecule has 0 unspecified atom stereocenters. The minimum absolute atomic E-state index is 0.00310. The minimum atomic E-state index is -5.79. The van der Waals surface area contributed by atoms with Crippen molar-refractivity contribution >= 4 is 5.91 Å². The summed E-state index contributed by atoms with van der Waals surface area (Å²) in [5.74, 6) is -6.48. The van der Waals surface area contributed by atoms with Gasteiger partial charge in [-0.2, -0.15) is 22.0 Å². The first-order valence-corrected chi connectivity index (χ1v) is 9.66. The molecule has 0 bridgehead atoms. The van der Waals surface area contributed by atoms with Crippen LogP contribution >= 0.6 is 0 Å². The highest BCUT2D eigenvalue weighted by molar-refractivity contribution is 5.98. The first kappa shape index (κ1) is 22.9. The van der Waals surface area contributed by atoms with Crippen LogP contribution in [0, 0.1) is 5.92 Å². The summed E-state index contributed by atoms with van der Waals surface area (Å²) >= 11 is 0. The van der Waals surface area contributed by atoms with E-state index in [0.29, 0.717) is 6.07 Å². The van der Waals surface area contributed by atoms with E-state index in [1.54, 1.807) is 0 Å². The molecule has 1 aliphatic rings. The van der Waals surface area contributed by atoms with Crippen LogP contribution < -0.4 is 10.5 Å². The molecule has 3 rings (SSSR count). The van der Waals surface area contributed by atoms with Gasteiger partial charge in [-0.25, -0.2) is 0 Å². The molecular weight excluding hydrogens is 421 g/mol. The molecule has 1 saturated heterocycles. The number of carbonyl (C=O) groups excluding carboxylic acids is 1. The van der Waals surface area contributed by atoms with Crippen LogP contribution in [-0.4, -0.2) is 48.7 Å². The van der Waals surface area contributed by atoms with E-state index in [-0.39, 0.29) is 29.3 Å². The highest BCUT2D eigenvalue weighted by Gasteiger charge is 2.60. The summed E-state index contributed by atoms with van der Waals surface area (Å²) in [7, 11) is 1.95. The monoisotopic (exact) mass is 443 g/mol. The zero-order valence-electron chi connectivity index (χ0n) is 16.8. The number of likely N-dealkylation sites (tertiary alicyclic amines) is 1. The molecule has 1 amide bonds. The number of hydrogen-bond acceptors (Lipinski definition) is 4. The number of nitrogens with zero attached hydrogens (tertiary/aromatic N) is 2. The third kappa shape index (κ3) is 4.95. The molecule has 31 heavy (non-hydrogen) atoms. The Labute approximate surface area is 176 Å². The van der Waals surface area contributed by atoms with Gasteiger partial charge in [-0.15, -0.1) is 0 Å². The molecule has 5 nitrogen and oxygen atoms in total. The maximum atomic E-state index is 14.2. The van der Waals surface area contributed by atoms with Crippen LogP contribution in [0.25, 0.3) is 11.3 Å². The second-order valence-electron chi connectivity index (χ2n) is 7.60. The number of amides is 1. The lowest BCUT2D eigenvalue weighted by atomic mass is 9.97. The van der Waals surface area contributed by atoms with Crippen molar-refractivity contribution in [1.29, 1.82) is 0 Å². The van der Waals surface area contributed by atoms with Crippen molar-refractivity contribution in [1.82, 2.24) is 9.88 Å². The van der Waals surface area contributed by atoms with E-state index < -0.39 is 29.3 Å². The number of halogens is 5. The fourth-order valence-corrected chi connectivity index (χ4v) is 3.47. The Bertz CT molecular complexity index is 941. The number of benzene rings is 1. The third-order valence-corrected chi connectivity index (χ3v) is 5.34. The predicted octanol–water partition coefficient (Wildman–Crippen LogP) is 4.22. The number of primary amides is 1.